The third kappa shape index (κ3) is 4.50. The molecule has 2 heterocycles. The molecule has 1 saturated heterocycles. The maximum atomic E-state index is 12.5. The lowest BCUT2D eigenvalue weighted by Crippen LogP contribution is -2.47. The minimum atomic E-state index is -0.280. The molecule has 6 nitrogen and oxygen atoms in total. The first-order valence-electron chi connectivity index (χ1n) is 8.07. The van der Waals surface area contributed by atoms with Crippen LogP contribution in [0.1, 0.15) is 5.01 Å². The van der Waals surface area contributed by atoms with Crippen molar-refractivity contribution in [2.24, 2.45) is 0 Å². The number of benzene rings is 1. The number of thiazole rings is 1. The number of para-hydroxylation sites is 1. The van der Waals surface area contributed by atoms with Crippen LogP contribution in [0.3, 0.4) is 0 Å². The molecule has 0 saturated carbocycles. The van der Waals surface area contributed by atoms with E-state index < -0.39 is 0 Å². The number of ether oxygens (including phenoxy) is 1. The molecular weight excluding hydrogens is 358 g/mol. The first-order chi connectivity index (χ1) is 12.1. The van der Waals surface area contributed by atoms with Crippen LogP contribution in [0.4, 0.5) is 0 Å². The van der Waals surface area contributed by atoms with Crippen molar-refractivity contribution in [2.75, 3.05) is 39.5 Å². The Hall–Kier alpha value is -1.64. The number of esters is 1. The summed E-state index contributed by atoms with van der Waals surface area (Å²) in [6.07, 6.45) is 0. The minimum Gasteiger partial charge on any atom is -0.468 e. The van der Waals surface area contributed by atoms with Crippen LogP contribution >= 0.6 is 23.1 Å². The predicted molar refractivity (Wildman–Crippen MR) is 101 cm³/mol. The summed E-state index contributed by atoms with van der Waals surface area (Å²) in [5, 5.41) is 0.718. The summed E-state index contributed by atoms with van der Waals surface area (Å²) in [6, 6.07) is 8.04. The highest BCUT2D eigenvalue weighted by atomic mass is 32.2. The maximum Gasteiger partial charge on any atom is 0.320 e. The molecule has 1 aromatic heterocycles. The van der Waals surface area contributed by atoms with E-state index in [2.05, 4.69) is 11.1 Å². The number of likely N-dealkylation sites (N-methyl/N-ethyl adjacent to an activating group) is 1. The van der Waals surface area contributed by atoms with E-state index in [9.17, 15) is 9.59 Å². The van der Waals surface area contributed by atoms with Gasteiger partial charge in [0, 0.05) is 18.8 Å². The van der Waals surface area contributed by atoms with E-state index in [1.54, 1.807) is 28.0 Å². The van der Waals surface area contributed by atoms with Crippen LogP contribution in [0.5, 0.6) is 0 Å². The molecule has 134 valence electrons. The molecule has 0 N–H and O–H groups in total. The molecule has 1 aliphatic heterocycles. The molecule has 0 unspecified atom stereocenters. The molecule has 0 radical (unpaired) electrons. The van der Waals surface area contributed by atoms with Crippen LogP contribution in [-0.2, 0) is 20.9 Å². The minimum absolute atomic E-state index is 0.0396. The van der Waals surface area contributed by atoms with Crippen molar-refractivity contribution >= 4 is 45.2 Å². The first-order valence-corrected chi connectivity index (χ1v) is 9.93. The van der Waals surface area contributed by atoms with Crippen LogP contribution in [0.15, 0.2) is 24.3 Å². The second kappa shape index (κ2) is 8.16. The van der Waals surface area contributed by atoms with Gasteiger partial charge in [0.1, 0.15) is 10.3 Å². The molecule has 1 amide bonds. The lowest BCUT2D eigenvalue weighted by molar-refractivity contribution is -0.141. The Balaban J connectivity index is 1.55. The van der Waals surface area contributed by atoms with Gasteiger partial charge in [0.05, 0.1) is 30.4 Å². The first kappa shape index (κ1) is 18.2. The summed E-state index contributed by atoms with van der Waals surface area (Å²) >= 11 is 3.20. The van der Waals surface area contributed by atoms with Gasteiger partial charge in [-0.05, 0) is 19.2 Å². The van der Waals surface area contributed by atoms with E-state index in [-0.39, 0.29) is 17.1 Å². The number of amides is 1. The second-order valence-electron chi connectivity index (χ2n) is 5.97. The molecule has 3 rings (SSSR count). The lowest BCUT2D eigenvalue weighted by Gasteiger charge is -2.32. The average Bonchev–Trinajstić information content (AvgIpc) is 3.03. The smallest absolute Gasteiger partial charge is 0.320 e. The van der Waals surface area contributed by atoms with Crippen molar-refractivity contribution in [3.8, 4) is 0 Å². The summed E-state index contributed by atoms with van der Waals surface area (Å²) < 4.78 is 5.95. The van der Waals surface area contributed by atoms with Crippen molar-refractivity contribution in [1.29, 1.82) is 0 Å². The third-order valence-corrected chi connectivity index (χ3v) is 6.22. The van der Waals surface area contributed by atoms with Gasteiger partial charge in [-0.25, -0.2) is 4.98 Å². The van der Waals surface area contributed by atoms with E-state index >= 15 is 0 Å². The zero-order chi connectivity index (χ0) is 17.8. The fourth-order valence-corrected chi connectivity index (χ4v) is 4.93. The zero-order valence-corrected chi connectivity index (χ0v) is 15.9. The monoisotopic (exact) mass is 379 g/mol. The number of carbonyl (C=O) groups excluding carboxylic acids is 2. The van der Waals surface area contributed by atoms with Crippen molar-refractivity contribution in [1.82, 2.24) is 14.8 Å². The normalized spacial score (nSPS) is 17.9. The quantitative estimate of drug-likeness (QED) is 0.739. The van der Waals surface area contributed by atoms with Crippen molar-refractivity contribution in [3.63, 3.8) is 0 Å². The Morgan fingerprint density at radius 1 is 1.40 bits per heavy atom. The predicted octanol–water partition coefficient (Wildman–Crippen LogP) is 1.85. The molecule has 0 aliphatic carbocycles. The molecule has 1 atom stereocenters. The summed E-state index contributed by atoms with van der Waals surface area (Å²) in [7, 11) is 3.30. The van der Waals surface area contributed by atoms with Crippen LogP contribution in [0, 0.1) is 0 Å². The zero-order valence-electron chi connectivity index (χ0n) is 14.3. The highest BCUT2D eigenvalue weighted by molar-refractivity contribution is 8.00. The highest BCUT2D eigenvalue weighted by Crippen LogP contribution is 2.23. The SMILES string of the molecule is COC(=O)[C@@H]1CN(C(=O)CN(C)Cc2nc3ccccc3s2)CCS1. The van der Waals surface area contributed by atoms with Gasteiger partial charge < -0.3 is 9.64 Å². The van der Waals surface area contributed by atoms with Crippen molar-refractivity contribution in [3.05, 3.63) is 29.3 Å². The summed E-state index contributed by atoms with van der Waals surface area (Å²) in [4.78, 5) is 32.5. The second-order valence-corrected chi connectivity index (χ2v) is 8.40. The molecule has 1 aromatic carbocycles. The number of methoxy groups -OCH3 is 1. The number of hydrogen-bond acceptors (Lipinski definition) is 7. The number of thioether (sulfide) groups is 1. The fourth-order valence-electron chi connectivity index (χ4n) is 2.76. The number of aromatic nitrogens is 1. The molecule has 0 bridgehead atoms. The maximum absolute atomic E-state index is 12.5. The third-order valence-electron chi connectivity index (χ3n) is 4.03. The van der Waals surface area contributed by atoms with Gasteiger partial charge in [-0.15, -0.1) is 23.1 Å². The number of carbonyl (C=O) groups is 2. The summed E-state index contributed by atoms with van der Waals surface area (Å²) in [5.74, 6) is 0.538. The van der Waals surface area contributed by atoms with Crippen LogP contribution in [-0.4, -0.2) is 71.5 Å². The Morgan fingerprint density at radius 3 is 2.96 bits per heavy atom. The van der Waals surface area contributed by atoms with E-state index in [0.717, 1.165) is 21.0 Å². The van der Waals surface area contributed by atoms with Crippen LogP contribution in [0.2, 0.25) is 0 Å². The molecule has 1 aliphatic rings. The fraction of sp³-hybridized carbons (Fsp3) is 0.471. The van der Waals surface area contributed by atoms with Crippen molar-refractivity contribution in [2.45, 2.75) is 11.8 Å². The lowest BCUT2D eigenvalue weighted by atomic mass is 10.3. The molecule has 0 spiro atoms. The van der Waals surface area contributed by atoms with Crippen LogP contribution < -0.4 is 0 Å². The van der Waals surface area contributed by atoms with Gasteiger partial charge in [0.25, 0.3) is 0 Å². The van der Waals surface area contributed by atoms with Gasteiger partial charge in [-0.1, -0.05) is 12.1 Å². The Morgan fingerprint density at radius 2 is 2.20 bits per heavy atom. The number of nitrogens with zero attached hydrogens (tertiary/aromatic N) is 3. The van der Waals surface area contributed by atoms with E-state index in [1.807, 2.05) is 30.1 Å². The van der Waals surface area contributed by atoms with Gasteiger partial charge >= 0.3 is 5.97 Å². The largest absolute Gasteiger partial charge is 0.468 e. The van der Waals surface area contributed by atoms with Crippen LogP contribution in [0.25, 0.3) is 10.2 Å². The van der Waals surface area contributed by atoms with Gasteiger partial charge in [-0.2, -0.15) is 0 Å². The van der Waals surface area contributed by atoms with E-state index in [0.29, 0.717) is 26.2 Å². The standard InChI is InChI=1S/C17H21N3O3S2/c1-19(10-15-18-12-5-3-4-6-13(12)25-15)11-16(21)20-7-8-24-14(9-20)17(22)23-2/h3-6,14H,7-11H2,1-2H3/t14-/m0/s1. The molecule has 1 fully saturated rings. The van der Waals surface area contributed by atoms with E-state index in [1.165, 1.54) is 7.11 Å². The van der Waals surface area contributed by atoms with Gasteiger partial charge in [0.15, 0.2) is 0 Å². The topological polar surface area (TPSA) is 62.7 Å². The van der Waals surface area contributed by atoms with E-state index in [4.69, 9.17) is 4.74 Å². The Labute approximate surface area is 155 Å². The highest BCUT2D eigenvalue weighted by Gasteiger charge is 2.29. The van der Waals surface area contributed by atoms with Gasteiger partial charge in [-0.3, -0.25) is 14.5 Å². The van der Waals surface area contributed by atoms with Gasteiger partial charge in [0.2, 0.25) is 5.91 Å². The Bertz CT molecular complexity index is 731. The molecule has 8 heteroatoms. The van der Waals surface area contributed by atoms with Crippen molar-refractivity contribution < 1.29 is 14.3 Å². The summed E-state index contributed by atoms with van der Waals surface area (Å²) in [5.41, 5.74) is 0.996. The Kier molecular flexibility index (Phi) is 5.93. The molecule has 25 heavy (non-hydrogen) atoms. The number of rotatable bonds is 5. The average molecular weight is 380 g/mol. The number of hydrogen-bond donors (Lipinski definition) is 0. The molecule has 2 aromatic rings. The molecular formula is C17H21N3O3S2. The number of fused-ring (bicyclic) bond motifs is 1. The summed E-state index contributed by atoms with van der Waals surface area (Å²) in [6.45, 7) is 2.04.